The lowest BCUT2D eigenvalue weighted by atomic mass is 10.1. The highest BCUT2D eigenvalue weighted by molar-refractivity contribution is 5.86. The van der Waals surface area contributed by atoms with Crippen LogP contribution in [0.3, 0.4) is 0 Å². The molecule has 0 saturated carbocycles. The number of halogens is 1. The molecule has 202 valence electrons. The van der Waals surface area contributed by atoms with Crippen LogP contribution >= 0.6 is 0 Å². The van der Waals surface area contributed by atoms with Gasteiger partial charge < -0.3 is 24.7 Å². The van der Waals surface area contributed by atoms with Crippen molar-refractivity contribution in [1.82, 2.24) is 15.0 Å². The highest BCUT2D eigenvalue weighted by atomic mass is 19.1. The van der Waals surface area contributed by atoms with Gasteiger partial charge in [0.15, 0.2) is 18.2 Å². The quantitative estimate of drug-likeness (QED) is 0.192. The number of benzene rings is 2. The van der Waals surface area contributed by atoms with Crippen LogP contribution in [-0.4, -0.2) is 74.0 Å². The fourth-order valence-corrected chi connectivity index (χ4v) is 4.25. The normalized spacial score (nSPS) is 13.8. The van der Waals surface area contributed by atoms with E-state index < -0.39 is 5.82 Å². The number of morpholine rings is 1. The summed E-state index contributed by atoms with van der Waals surface area (Å²) in [7, 11) is 1.59. The van der Waals surface area contributed by atoms with Crippen LogP contribution < -0.4 is 24.6 Å². The highest BCUT2D eigenvalue weighted by Gasteiger charge is 2.18. The van der Waals surface area contributed by atoms with E-state index in [-0.39, 0.29) is 24.0 Å². The van der Waals surface area contributed by atoms with Crippen molar-refractivity contribution in [3.8, 4) is 28.5 Å². The second-order valence-corrected chi connectivity index (χ2v) is 8.93. The predicted molar refractivity (Wildman–Crippen MR) is 144 cm³/mol. The number of anilines is 1. The van der Waals surface area contributed by atoms with Gasteiger partial charge in [-0.3, -0.25) is 9.88 Å². The Bertz CT molecular complexity index is 1480. The molecule has 0 atom stereocenters. The molecular weight excluding hydrogens is 503 g/mol. The molecular formula is C28H30FN6O4+. The van der Waals surface area contributed by atoms with E-state index >= 15 is 0 Å². The Kier molecular flexibility index (Phi) is 8.09. The van der Waals surface area contributed by atoms with Gasteiger partial charge in [0.2, 0.25) is 5.82 Å². The third kappa shape index (κ3) is 6.21. The molecule has 11 heteroatoms. The molecule has 0 aliphatic carbocycles. The van der Waals surface area contributed by atoms with Crippen LogP contribution in [0.5, 0.6) is 17.2 Å². The van der Waals surface area contributed by atoms with Crippen molar-refractivity contribution in [1.29, 1.82) is 5.41 Å². The number of pyridine rings is 1. The summed E-state index contributed by atoms with van der Waals surface area (Å²) in [5.74, 6) is 1.21. The zero-order chi connectivity index (χ0) is 27.2. The molecule has 5 rings (SSSR count). The molecule has 3 N–H and O–H groups in total. The van der Waals surface area contributed by atoms with Crippen LogP contribution in [0.1, 0.15) is 0 Å². The Balaban J connectivity index is 1.26. The standard InChI is InChI=1S/C28H29FN6O4/c1-36-20-3-4-21-24(17-20)32-9-8-25(21)39-18-28(31)35-27(30)7-5-23(33-35)19-2-6-26(22(29)16-19)38-15-12-34-10-13-37-14-11-34/h2-9,16-17,30-31H,10-15,18H2,1H3/p+1. The summed E-state index contributed by atoms with van der Waals surface area (Å²) >= 11 is 0. The third-order valence-corrected chi connectivity index (χ3v) is 6.39. The Morgan fingerprint density at radius 3 is 2.72 bits per heavy atom. The predicted octanol–water partition coefficient (Wildman–Crippen LogP) is 2.93. The van der Waals surface area contributed by atoms with Crippen molar-refractivity contribution in [2.75, 3.05) is 58.9 Å². The molecule has 0 radical (unpaired) electrons. The second kappa shape index (κ2) is 12.0. The number of rotatable bonds is 9. The molecule has 0 bridgehead atoms. The van der Waals surface area contributed by atoms with Crippen molar-refractivity contribution >= 4 is 22.6 Å². The largest absolute Gasteiger partial charge is 0.497 e. The van der Waals surface area contributed by atoms with Crippen molar-refractivity contribution in [3.05, 3.63) is 66.6 Å². The number of fused-ring (bicyclic) bond motifs is 1. The minimum absolute atomic E-state index is 0.0105. The molecule has 1 fully saturated rings. The molecule has 1 aliphatic heterocycles. The summed E-state index contributed by atoms with van der Waals surface area (Å²) in [6.07, 6.45) is 1.63. The van der Waals surface area contributed by atoms with Gasteiger partial charge in [-0.15, -0.1) is 9.78 Å². The van der Waals surface area contributed by atoms with E-state index in [4.69, 9.17) is 30.1 Å². The minimum Gasteiger partial charge on any atom is -0.497 e. The van der Waals surface area contributed by atoms with E-state index in [1.807, 2.05) is 18.2 Å². The summed E-state index contributed by atoms with van der Waals surface area (Å²) in [6, 6.07) is 15.2. The van der Waals surface area contributed by atoms with E-state index in [2.05, 4.69) is 15.0 Å². The minimum atomic E-state index is -0.487. The van der Waals surface area contributed by atoms with Gasteiger partial charge in [0.05, 0.1) is 25.8 Å². The molecule has 0 spiro atoms. The van der Waals surface area contributed by atoms with Gasteiger partial charge in [-0.1, -0.05) is 0 Å². The van der Waals surface area contributed by atoms with E-state index in [9.17, 15) is 4.39 Å². The molecule has 0 amide bonds. The van der Waals surface area contributed by atoms with Crippen molar-refractivity contribution in [3.63, 3.8) is 0 Å². The van der Waals surface area contributed by atoms with Gasteiger partial charge in [-0.25, -0.2) is 4.39 Å². The SMILES string of the molecule is COc1ccc2c(OCC(=N)[n+]3nc(-c4ccc(OCCN5CCOCC5)c(F)c4)ccc3N)ccnc2c1. The number of nitrogens with one attached hydrogen (secondary N) is 1. The van der Waals surface area contributed by atoms with Crippen LogP contribution in [0, 0.1) is 11.2 Å². The smallest absolute Gasteiger partial charge is 0.292 e. The number of nitrogens with two attached hydrogens (primary N) is 1. The molecule has 10 nitrogen and oxygen atoms in total. The molecule has 4 aromatic rings. The second-order valence-electron chi connectivity index (χ2n) is 8.93. The lowest BCUT2D eigenvalue weighted by molar-refractivity contribution is -0.609. The maximum atomic E-state index is 14.8. The van der Waals surface area contributed by atoms with Crippen LogP contribution in [0.15, 0.2) is 60.8 Å². The van der Waals surface area contributed by atoms with E-state index in [1.165, 1.54) is 10.7 Å². The molecule has 2 aromatic heterocycles. The van der Waals surface area contributed by atoms with E-state index in [0.29, 0.717) is 54.6 Å². The van der Waals surface area contributed by atoms with E-state index in [0.717, 1.165) is 18.5 Å². The van der Waals surface area contributed by atoms with Gasteiger partial charge in [0, 0.05) is 48.9 Å². The van der Waals surface area contributed by atoms with Gasteiger partial charge >= 0.3 is 0 Å². The summed E-state index contributed by atoms with van der Waals surface area (Å²) in [4.78, 5) is 6.57. The number of aromatic nitrogens is 3. The van der Waals surface area contributed by atoms with Crippen LogP contribution in [0.4, 0.5) is 10.2 Å². The lowest BCUT2D eigenvalue weighted by Crippen LogP contribution is -2.51. The zero-order valence-corrected chi connectivity index (χ0v) is 21.6. The number of hydrogen-bond donors (Lipinski definition) is 2. The van der Waals surface area contributed by atoms with Crippen LogP contribution in [0.2, 0.25) is 0 Å². The van der Waals surface area contributed by atoms with Crippen LogP contribution in [-0.2, 0) is 4.74 Å². The molecule has 39 heavy (non-hydrogen) atoms. The fourth-order valence-electron chi connectivity index (χ4n) is 4.25. The summed E-state index contributed by atoms with van der Waals surface area (Å²) in [5, 5.41) is 13.8. The Hall–Kier alpha value is -4.35. The molecule has 2 aromatic carbocycles. The number of ether oxygens (including phenoxy) is 4. The first-order valence-electron chi connectivity index (χ1n) is 12.6. The molecule has 1 saturated heterocycles. The molecule has 3 heterocycles. The Labute approximate surface area is 225 Å². The highest BCUT2D eigenvalue weighted by Crippen LogP contribution is 2.27. The summed E-state index contributed by atoms with van der Waals surface area (Å²) in [6.45, 7) is 4.10. The lowest BCUT2D eigenvalue weighted by Gasteiger charge is -2.26. The van der Waals surface area contributed by atoms with Crippen molar-refractivity contribution < 1.29 is 28.0 Å². The first-order valence-corrected chi connectivity index (χ1v) is 12.6. The number of hydrogen-bond acceptors (Lipinski definition) is 9. The van der Waals surface area contributed by atoms with Gasteiger partial charge in [0.25, 0.3) is 5.84 Å². The maximum Gasteiger partial charge on any atom is 0.292 e. The summed E-state index contributed by atoms with van der Waals surface area (Å²) in [5.41, 5.74) is 7.80. The average Bonchev–Trinajstić information content (AvgIpc) is 2.97. The Morgan fingerprint density at radius 1 is 1.08 bits per heavy atom. The number of nitrogen functional groups attached to an aromatic ring is 1. The first-order chi connectivity index (χ1) is 19.0. The van der Waals surface area contributed by atoms with E-state index in [1.54, 1.807) is 43.6 Å². The van der Waals surface area contributed by atoms with Crippen molar-refractivity contribution in [2.45, 2.75) is 0 Å². The zero-order valence-electron chi connectivity index (χ0n) is 21.6. The molecule has 1 aliphatic rings. The summed E-state index contributed by atoms with van der Waals surface area (Å²) < 4.78 is 38.3. The van der Waals surface area contributed by atoms with Gasteiger partial charge in [-0.2, -0.15) is 5.41 Å². The van der Waals surface area contributed by atoms with Gasteiger partial charge in [0.1, 0.15) is 23.8 Å². The average molecular weight is 534 g/mol. The number of methoxy groups -OCH3 is 1. The maximum absolute atomic E-state index is 14.8. The van der Waals surface area contributed by atoms with Crippen molar-refractivity contribution in [2.24, 2.45) is 0 Å². The topological polar surface area (TPSA) is 120 Å². The monoisotopic (exact) mass is 533 g/mol. The Morgan fingerprint density at radius 2 is 1.92 bits per heavy atom. The first kappa shape index (κ1) is 26.3. The number of nitrogens with zero attached hydrogens (tertiary/aromatic N) is 4. The fraction of sp³-hybridized carbons (Fsp3) is 0.286. The van der Waals surface area contributed by atoms with Crippen LogP contribution in [0.25, 0.3) is 22.2 Å². The molecule has 0 unspecified atom stereocenters. The van der Waals surface area contributed by atoms with Gasteiger partial charge in [-0.05, 0) is 42.5 Å². The third-order valence-electron chi connectivity index (χ3n) is 6.39.